The van der Waals surface area contributed by atoms with Gasteiger partial charge in [-0.15, -0.1) is 35.3 Å². The number of aromatic nitrogens is 1. The molecule has 0 spiro atoms. The van der Waals surface area contributed by atoms with Crippen LogP contribution >= 0.6 is 35.3 Å². The Morgan fingerprint density at radius 1 is 1.19 bits per heavy atom. The van der Waals surface area contributed by atoms with Crippen LogP contribution in [0.1, 0.15) is 22.0 Å². The normalized spacial score (nSPS) is 10.9. The van der Waals surface area contributed by atoms with Gasteiger partial charge in [0.1, 0.15) is 11.5 Å². The molecule has 0 unspecified atom stereocenters. The molecule has 0 saturated carbocycles. The molecule has 0 aliphatic rings. The van der Waals surface area contributed by atoms with Gasteiger partial charge in [-0.3, -0.25) is 4.99 Å². The van der Waals surface area contributed by atoms with Crippen molar-refractivity contribution in [1.82, 2.24) is 15.6 Å². The Morgan fingerprint density at radius 2 is 1.93 bits per heavy atom. The van der Waals surface area contributed by atoms with Crippen LogP contribution in [0.5, 0.6) is 11.5 Å². The first-order chi connectivity index (χ1) is 12.6. The van der Waals surface area contributed by atoms with Gasteiger partial charge in [-0.1, -0.05) is 6.07 Å². The molecule has 8 heteroatoms. The Kier molecular flexibility index (Phi) is 11.1. The van der Waals surface area contributed by atoms with Gasteiger partial charge < -0.3 is 20.1 Å². The number of ether oxygens (including phenoxy) is 2. The van der Waals surface area contributed by atoms with Crippen LogP contribution in [0.15, 0.2) is 29.3 Å². The molecule has 2 rings (SSSR count). The summed E-state index contributed by atoms with van der Waals surface area (Å²) in [5.41, 5.74) is 1.13. The number of rotatable bonds is 9. The number of benzene rings is 1. The molecule has 2 aromatic rings. The van der Waals surface area contributed by atoms with Crippen molar-refractivity contribution in [2.45, 2.75) is 26.7 Å². The van der Waals surface area contributed by atoms with Crippen LogP contribution in [0, 0.1) is 13.8 Å². The maximum Gasteiger partial charge on any atom is 0.190 e. The van der Waals surface area contributed by atoms with Crippen molar-refractivity contribution in [3.63, 3.8) is 0 Å². The van der Waals surface area contributed by atoms with E-state index < -0.39 is 0 Å². The predicted octanol–water partition coefficient (Wildman–Crippen LogP) is 3.56. The summed E-state index contributed by atoms with van der Waals surface area (Å²) in [6.07, 6.45) is 1.78. The molecule has 0 atom stereocenters. The molecule has 0 radical (unpaired) electrons. The Balaban J connectivity index is 0.00000364. The maximum atomic E-state index is 5.73. The van der Waals surface area contributed by atoms with Crippen LogP contribution in [-0.2, 0) is 6.42 Å². The molecule has 0 aliphatic heterocycles. The van der Waals surface area contributed by atoms with Gasteiger partial charge in [0.2, 0.25) is 0 Å². The average Bonchev–Trinajstić information content (AvgIpc) is 2.97. The first-order valence-electron chi connectivity index (χ1n) is 8.76. The lowest BCUT2D eigenvalue weighted by Gasteiger charge is -2.12. The smallest absolute Gasteiger partial charge is 0.190 e. The molecule has 0 amide bonds. The maximum absolute atomic E-state index is 5.73. The van der Waals surface area contributed by atoms with Crippen molar-refractivity contribution >= 4 is 41.3 Å². The molecule has 1 aromatic carbocycles. The van der Waals surface area contributed by atoms with Crippen molar-refractivity contribution in [2.75, 3.05) is 33.9 Å². The number of aryl methyl sites for hydroxylation is 2. The largest absolute Gasteiger partial charge is 0.497 e. The van der Waals surface area contributed by atoms with E-state index in [1.165, 1.54) is 4.88 Å². The topological polar surface area (TPSA) is 67.8 Å². The van der Waals surface area contributed by atoms with Crippen molar-refractivity contribution in [2.24, 2.45) is 4.99 Å². The zero-order valence-corrected chi connectivity index (χ0v) is 19.5. The number of hydrogen-bond acceptors (Lipinski definition) is 5. The molecule has 0 fully saturated rings. The van der Waals surface area contributed by atoms with E-state index in [2.05, 4.69) is 34.5 Å². The lowest BCUT2D eigenvalue weighted by atomic mass is 10.3. The summed E-state index contributed by atoms with van der Waals surface area (Å²) in [7, 11) is 3.43. The van der Waals surface area contributed by atoms with Crippen LogP contribution in [-0.4, -0.2) is 44.8 Å². The third kappa shape index (κ3) is 8.34. The van der Waals surface area contributed by atoms with Gasteiger partial charge in [0.15, 0.2) is 5.96 Å². The number of halogens is 1. The monoisotopic (exact) mass is 504 g/mol. The van der Waals surface area contributed by atoms with E-state index in [4.69, 9.17) is 9.47 Å². The summed E-state index contributed by atoms with van der Waals surface area (Å²) in [6.45, 7) is 6.40. The number of guanidine groups is 1. The molecule has 0 bridgehead atoms. The van der Waals surface area contributed by atoms with Crippen LogP contribution in [0.25, 0.3) is 0 Å². The number of aliphatic imine (C=N–C) groups is 1. The van der Waals surface area contributed by atoms with Crippen molar-refractivity contribution in [3.8, 4) is 11.5 Å². The summed E-state index contributed by atoms with van der Waals surface area (Å²) in [4.78, 5) is 10.1. The number of hydrogen-bond donors (Lipinski definition) is 2. The van der Waals surface area contributed by atoms with Crippen LogP contribution < -0.4 is 20.1 Å². The number of nitrogens with zero attached hydrogens (tertiary/aromatic N) is 2. The summed E-state index contributed by atoms with van der Waals surface area (Å²) >= 11 is 1.76. The first kappa shape index (κ1) is 23.5. The fourth-order valence-corrected chi connectivity index (χ4v) is 3.25. The Hall–Kier alpha value is -1.55. The molecule has 150 valence electrons. The van der Waals surface area contributed by atoms with E-state index in [0.29, 0.717) is 6.61 Å². The molecular weight excluding hydrogens is 475 g/mol. The van der Waals surface area contributed by atoms with E-state index in [0.717, 1.165) is 54.1 Å². The Morgan fingerprint density at radius 3 is 2.59 bits per heavy atom. The van der Waals surface area contributed by atoms with E-state index in [9.17, 15) is 0 Å². The summed E-state index contributed by atoms with van der Waals surface area (Å²) in [5.74, 6) is 2.42. The molecular formula is C19H29IN4O2S. The van der Waals surface area contributed by atoms with Crippen molar-refractivity contribution in [3.05, 3.63) is 39.8 Å². The average molecular weight is 504 g/mol. The Bertz CT molecular complexity index is 702. The van der Waals surface area contributed by atoms with Gasteiger partial charge in [-0.2, -0.15) is 0 Å². The lowest BCUT2D eigenvalue weighted by Crippen LogP contribution is -2.39. The number of thiazole rings is 1. The Labute approximate surface area is 182 Å². The molecule has 0 saturated heterocycles. The van der Waals surface area contributed by atoms with Crippen LogP contribution in [0.4, 0.5) is 0 Å². The quantitative estimate of drug-likeness (QED) is 0.237. The zero-order valence-electron chi connectivity index (χ0n) is 16.4. The molecule has 1 heterocycles. The molecule has 6 nitrogen and oxygen atoms in total. The molecule has 27 heavy (non-hydrogen) atoms. The second-order valence-corrected chi connectivity index (χ2v) is 7.09. The minimum atomic E-state index is 0. The van der Waals surface area contributed by atoms with Gasteiger partial charge in [0.25, 0.3) is 0 Å². The zero-order chi connectivity index (χ0) is 18.8. The van der Waals surface area contributed by atoms with E-state index in [-0.39, 0.29) is 24.0 Å². The second-order valence-electron chi connectivity index (χ2n) is 5.81. The summed E-state index contributed by atoms with van der Waals surface area (Å²) < 4.78 is 10.9. The highest BCUT2D eigenvalue weighted by Crippen LogP contribution is 2.18. The molecule has 2 N–H and O–H groups in total. The van der Waals surface area contributed by atoms with Crippen molar-refractivity contribution < 1.29 is 9.47 Å². The summed E-state index contributed by atoms with van der Waals surface area (Å²) in [5, 5.41) is 7.78. The molecule has 0 aliphatic carbocycles. The number of methoxy groups -OCH3 is 1. The van der Waals surface area contributed by atoms with Gasteiger partial charge in [0.05, 0.1) is 24.4 Å². The van der Waals surface area contributed by atoms with Crippen molar-refractivity contribution in [1.29, 1.82) is 0 Å². The van der Waals surface area contributed by atoms with Crippen LogP contribution in [0.3, 0.4) is 0 Å². The fourth-order valence-electron chi connectivity index (χ4n) is 2.31. The molecule has 1 aromatic heterocycles. The van der Waals surface area contributed by atoms with E-state index in [1.807, 2.05) is 24.3 Å². The highest BCUT2D eigenvalue weighted by Gasteiger charge is 2.04. The van der Waals surface area contributed by atoms with Gasteiger partial charge in [-0.25, -0.2) is 4.98 Å². The third-order valence-electron chi connectivity index (χ3n) is 3.85. The highest BCUT2D eigenvalue weighted by atomic mass is 127. The van der Waals surface area contributed by atoms with E-state index >= 15 is 0 Å². The third-order valence-corrected chi connectivity index (χ3v) is 4.98. The summed E-state index contributed by atoms with van der Waals surface area (Å²) in [6, 6.07) is 7.64. The van der Waals surface area contributed by atoms with Gasteiger partial charge >= 0.3 is 0 Å². The SMILES string of the molecule is CN=C(NCCCOc1cccc(OC)c1)NCCc1nc(C)c(C)s1.I. The van der Waals surface area contributed by atoms with Crippen LogP contribution in [0.2, 0.25) is 0 Å². The fraction of sp³-hybridized carbons (Fsp3) is 0.474. The van der Waals surface area contributed by atoms with E-state index in [1.54, 1.807) is 25.5 Å². The lowest BCUT2D eigenvalue weighted by molar-refractivity contribution is 0.308. The van der Waals surface area contributed by atoms with Gasteiger partial charge in [0, 0.05) is 37.5 Å². The second kappa shape index (κ2) is 12.8. The highest BCUT2D eigenvalue weighted by molar-refractivity contribution is 14.0. The first-order valence-corrected chi connectivity index (χ1v) is 9.58. The standard InChI is InChI=1S/C19H28N4O2S.HI/c1-14-15(2)26-18(23-14)9-11-22-19(20-3)21-10-6-12-25-17-8-5-7-16(13-17)24-4;/h5,7-8,13H,6,9-12H2,1-4H3,(H2,20,21,22);1H. The number of nitrogens with one attached hydrogen (secondary N) is 2. The minimum absolute atomic E-state index is 0. The van der Waals surface area contributed by atoms with Gasteiger partial charge in [-0.05, 0) is 32.4 Å². The predicted molar refractivity (Wildman–Crippen MR) is 123 cm³/mol. The minimum Gasteiger partial charge on any atom is -0.497 e.